The Labute approximate surface area is 118 Å². The van der Waals surface area contributed by atoms with E-state index in [-0.39, 0.29) is 11.6 Å². The number of hydrogen-bond acceptors (Lipinski definition) is 4. The molecule has 2 heterocycles. The first-order chi connectivity index (χ1) is 9.02. The van der Waals surface area contributed by atoms with Crippen molar-refractivity contribution >= 4 is 17.4 Å². The van der Waals surface area contributed by atoms with Crippen LogP contribution >= 0.6 is 11.3 Å². The van der Waals surface area contributed by atoms with Crippen LogP contribution in [-0.4, -0.2) is 41.2 Å². The Morgan fingerprint density at radius 2 is 2.47 bits per heavy atom. The van der Waals surface area contributed by atoms with Crippen LogP contribution in [0.5, 0.6) is 0 Å². The third-order valence-corrected chi connectivity index (χ3v) is 4.37. The number of aromatic nitrogens is 1. The van der Waals surface area contributed by atoms with E-state index in [1.807, 2.05) is 18.0 Å². The van der Waals surface area contributed by atoms with Gasteiger partial charge < -0.3 is 15.0 Å². The van der Waals surface area contributed by atoms with Gasteiger partial charge in [0.25, 0.3) is 0 Å². The number of rotatable bonds is 3. The number of hydrogen-bond donors (Lipinski definition) is 1. The van der Waals surface area contributed by atoms with Crippen LogP contribution in [0.2, 0.25) is 0 Å². The number of morpholine rings is 1. The molecule has 1 aromatic heterocycles. The van der Waals surface area contributed by atoms with Crippen molar-refractivity contribution in [2.75, 3.05) is 19.7 Å². The van der Waals surface area contributed by atoms with Gasteiger partial charge in [-0.25, -0.2) is 9.78 Å². The summed E-state index contributed by atoms with van der Waals surface area (Å²) in [4.78, 5) is 19.2. The molecule has 5 nitrogen and oxygen atoms in total. The molecule has 0 bridgehead atoms. The minimum Gasteiger partial charge on any atom is -0.372 e. The van der Waals surface area contributed by atoms with E-state index in [4.69, 9.17) is 4.74 Å². The van der Waals surface area contributed by atoms with Crippen LogP contribution in [0.4, 0.5) is 4.79 Å². The maximum atomic E-state index is 12.1. The molecule has 106 valence electrons. The molecule has 0 aliphatic carbocycles. The third-order valence-electron chi connectivity index (χ3n) is 3.46. The fraction of sp³-hybridized carbons (Fsp3) is 0.692. The average molecular weight is 283 g/mol. The third kappa shape index (κ3) is 3.67. The van der Waals surface area contributed by atoms with E-state index in [1.165, 1.54) is 0 Å². The maximum Gasteiger partial charge on any atom is 0.317 e. The molecule has 0 spiro atoms. The molecule has 1 aromatic rings. The molecule has 0 aromatic carbocycles. The Bertz CT molecular complexity index is 449. The second-order valence-electron chi connectivity index (χ2n) is 5.08. The van der Waals surface area contributed by atoms with Gasteiger partial charge in [-0.3, -0.25) is 0 Å². The molecule has 0 unspecified atom stereocenters. The van der Waals surface area contributed by atoms with Crippen molar-refractivity contribution in [3.8, 4) is 0 Å². The minimum atomic E-state index is -0.212. The summed E-state index contributed by atoms with van der Waals surface area (Å²) in [6, 6.07) is -0.0194. The molecule has 1 aliphatic heterocycles. The normalized spacial score (nSPS) is 23.4. The molecule has 2 rings (SSSR count). The van der Waals surface area contributed by atoms with Gasteiger partial charge in [0.2, 0.25) is 0 Å². The second-order valence-corrected chi connectivity index (χ2v) is 6.40. The predicted molar refractivity (Wildman–Crippen MR) is 75.3 cm³/mol. The number of urea groups is 1. The second kappa shape index (κ2) is 5.88. The lowest BCUT2D eigenvalue weighted by atomic mass is 10.0. The molecule has 1 N–H and O–H groups in total. The molecular weight excluding hydrogens is 262 g/mol. The summed E-state index contributed by atoms with van der Waals surface area (Å²) in [5.41, 5.74) is -0.212. The van der Waals surface area contributed by atoms with Crippen molar-refractivity contribution < 1.29 is 9.53 Å². The topological polar surface area (TPSA) is 54.5 Å². The van der Waals surface area contributed by atoms with E-state index in [9.17, 15) is 4.79 Å². The molecule has 1 fully saturated rings. The van der Waals surface area contributed by atoms with Crippen molar-refractivity contribution in [1.29, 1.82) is 0 Å². The molecule has 2 amide bonds. The van der Waals surface area contributed by atoms with Crippen LogP contribution in [0, 0.1) is 6.92 Å². The van der Waals surface area contributed by atoms with Crippen LogP contribution in [0.3, 0.4) is 0 Å². The predicted octanol–water partition coefficient (Wildman–Crippen LogP) is 2.16. The fourth-order valence-electron chi connectivity index (χ4n) is 2.08. The first kappa shape index (κ1) is 14.3. The zero-order valence-corrected chi connectivity index (χ0v) is 12.5. The largest absolute Gasteiger partial charge is 0.372 e. The molecule has 6 heteroatoms. The summed E-state index contributed by atoms with van der Waals surface area (Å²) < 4.78 is 5.73. The molecule has 1 aliphatic rings. The van der Waals surface area contributed by atoms with Gasteiger partial charge in [-0.1, -0.05) is 6.92 Å². The number of carbonyl (C=O) groups is 1. The van der Waals surface area contributed by atoms with Crippen LogP contribution in [0.15, 0.2) is 6.20 Å². The molecule has 1 atom stereocenters. The highest BCUT2D eigenvalue weighted by Gasteiger charge is 2.32. The van der Waals surface area contributed by atoms with Gasteiger partial charge in [0.05, 0.1) is 30.3 Å². The fourth-order valence-corrected chi connectivity index (χ4v) is 2.81. The smallest absolute Gasteiger partial charge is 0.317 e. The number of amides is 2. The first-order valence-electron chi connectivity index (χ1n) is 6.60. The number of thiazole rings is 1. The standard InChI is InChI=1S/C13H21N3O2S/c1-4-13(3)9-16(5-6-18-13)12(17)15-8-11-7-14-10(2)19-11/h7H,4-6,8-9H2,1-3H3,(H,15,17)/t13-/m1/s1. The minimum absolute atomic E-state index is 0.0194. The Morgan fingerprint density at radius 3 is 3.11 bits per heavy atom. The van der Waals surface area contributed by atoms with Gasteiger partial charge in [0.15, 0.2) is 0 Å². The van der Waals surface area contributed by atoms with E-state index in [1.54, 1.807) is 11.3 Å². The van der Waals surface area contributed by atoms with Gasteiger partial charge in [-0.15, -0.1) is 11.3 Å². The van der Waals surface area contributed by atoms with Crippen LogP contribution < -0.4 is 5.32 Å². The monoisotopic (exact) mass is 283 g/mol. The van der Waals surface area contributed by atoms with E-state index < -0.39 is 0 Å². The SMILES string of the molecule is CC[C@]1(C)CN(C(=O)NCc2cnc(C)s2)CCO1. The summed E-state index contributed by atoms with van der Waals surface area (Å²) >= 11 is 1.61. The summed E-state index contributed by atoms with van der Waals surface area (Å²) in [5, 5.41) is 3.97. The lowest BCUT2D eigenvalue weighted by Crippen LogP contribution is -2.54. The molecule has 0 radical (unpaired) electrons. The molecule has 19 heavy (non-hydrogen) atoms. The Morgan fingerprint density at radius 1 is 1.68 bits per heavy atom. The Balaban J connectivity index is 1.86. The van der Waals surface area contributed by atoms with E-state index in [2.05, 4.69) is 24.1 Å². The summed E-state index contributed by atoms with van der Waals surface area (Å²) in [5.74, 6) is 0. The van der Waals surface area contributed by atoms with E-state index in [0.29, 0.717) is 26.2 Å². The Kier molecular flexibility index (Phi) is 4.42. The lowest BCUT2D eigenvalue weighted by Gasteiger charge is -2.39. The van der Waals surface area contributed by atoms with Crippen LogP contribution in [0.25, 0.3) is 0 Å². The molecular formula is C13H21N3O2S. The van der Waals surface area contributed by atoms with Crippen molar-refractivity contribution in [3.05, 3.63) is 16.1 Å². The number of nitrogens with one attached hydrogen (secondary N) is 1. The van der Waals surface area contributed by atoms with Crippen molar-refractivity contribution in [3.63, 3.8) is 0 Å². The van der Waals surface area contributed by atoms with Gasteiger partial charge in [-0.2, -0.15) is 0 Å². The van der Waals surface area contributed by atoms with Gasteiger partial charge in [-0.05, 0) is 20.3 Å². The molecule has 1 saturated heterocycles. The highest BCUT2D eigenvalue weighted by molar-refractivity contribution is 7.11. The highest BCUT2D eigenvalue weighted by Crippen LogP contribution is 2.21. The van der Waals surface area contributed by atoms with Gasteiger partial charge in [0, 0.05) is 17.6 Å². The van der Waals surface area contributed by atoms with Crippen LogP contribution in [-0.2, 0) is 11.3 Å². The number of aryl methyl sites for hydroxylation is 1. The van der Waals surface area contributed by atoms with Crippen LogP contribution in [0.1, 0.15) is 30.2 Å². The zero-order valence-electron chi connectivity index (χ0n) is 11.7. The van der Waals surface area contributed by atoms with Crippen molar-refractivity contribution in [2.24, 2.45) is 0 Å². The number of nitrogens with zero attached hydrogens (tertiary/aromatic N) is 2. The maximum absolute atomic E-state index is 12.1. The summed E-state index contributed by atoms with van der Waals surface area (Å²) in [7, 11) is 0. The molecule has 0 saturated carbocycles. The number of carbonyl (C=O) groups excluding carboxylic acids is 1. The van der Waals surface area contributed by atoms with E-state index in [0.717, 1.165) is 16.3 Å². The summed E-state index contributed by atoms with van der Waals surface area (Å²) in [6.07, 6.45) is 2.72. The first-order valence-corrected chi connectivity index (χ1v) is 7.42. The van der Waals surface area contributed by atoms with Gasteiger partial charge >= 0.3 is 6.03 Å². The quantitative estimate of drug-likeness (QED) is 0.925. The van der Waals surface area contributed by atoms with Gasteiger partial charge in [0.1, 0.15) is 0 Å². The highest BCUT2D eigenvalue weighted by atomic mass is 32.1. The zero-order chi connectivity index (χ0) is 13.9. The van der Waals surface area contributed by atoms with Crippen molar-refractivity contribution in [1.82, 2.24) is 15.2 Å². The van der Waals surface area contributed by atoms with E-state index >= 15 is 0 Å². The average Bonchev–Trinajstić information content (AvgIpc) is 2.82. The lowest BCUT2D eigenvalue weighted by molar-refractivity contribution is -0.0872. The van der Waals surface area contributed by atoms with Crippen molar-refractivity contribution in [2.45, 2.75) is 39.3 Å². The summed E-state index contributed by atoms with van der Waals surface area (Å²) in [6.45, 7) is 8.56. The Hall–Kier alpha value is -1.14. The number of ether oxygens (including phenoxy) is 1.